The maximum atomic E-state index is 12.5. The largest absolute Gasteiger partial charge is 0.393 e. The van der Waals surface area contributed by atoms with Gasteiger partial charge in [0.1, 0.15) is 5.78 Å². The van der Waals surface area contributed by atoms with Gasteiger partial charge in [-0.25, -0.2) is 0 Å². The highest BCUT2D eigenvalue weighted by Gasteiger charge is 2.62. The molecule has 4 heteroatoms. The molecule has 0 saturated heterocycles. The Labute approximate surface area is 227 Å². The Hall–Kier alpha value is -0.900. The lowest BCUT2D eigenvalue weighted by Gasteiger charge is -2.62. The molecule has 4 aliphatic rings. The first kappa shape index (κ1) is 29.1. The molecule has 4 nitrogen and oxygen atoms in total. The van der Waals surface area contributed by atoms with Gasteiger partial charge in [-0.3, -0.25) is 9.59 Å². The van der Waals surface area contributed by atoms with E-state index in [1.165, 1.54) is 64.2 Å². The van der Waals surface area contributed by atoms with Gasteiger partial charge in [0.15, 0.2) is 0 Å². The fourth-order valence-electron chi connectivity index (χ4n) is 9.59. The minimum absolute atomic E-state index is 0.115. The highest BCUT2D eigenvalue weighted by molar-refractivity contribution is 5.79. The third-order valence-corrected chi connectivity index (χ3v) is 12.1. The SMILES string of the molecule is CCCCN(C)C(=O)CCCCCCCC[C@@H]1C[C@H]2CC(=O)CC[C@]2(C)[C@H]2CC[C@]3(C)[C@@H](O)CC[C@H]3[C@H]12. The summed E-state index contributed by atoms with van der Waals surface area (Å²) < 4.78 is 0. The molecule has 0 bridgehead atoms. The molecule has 0 aliphatic heterocycles. The Bertz CT molecular complexity index is 782. The molecular weight excluding hydrogens is 458 g/mol. The van der Waals surface area contributed by atoms with Gasteiger partial charge in [-0.2, -0.15) is 0 Å². The molecule has 212 valence electrons. The fraction of sp³-hybridized carbons (Fsp3) is 0.939. The van der Waals surface area contributed by atoms with Crippen LogP contribution in [0.25, 0.3) is 0 Å². The summed E-state index contributed by atoms with van der Waals surface area (Å²) in [6, 6.07) is 0. The zero-order valence-electron chi connectivity index (χ0n) is 24.6. The number of Topliss-reactive ketones (excluding diaryl/α,β-unsaturated/α-hetero) is 1. The number of amides is 1. The fourth-order valence-corrected chi connectivity index (χ4v) is 9.59. The maximum Gasteiger partial charge on any atom is 0.222 e. The Kier molecular flexibility index (Phi) is 9.84. The van der Waals surface area contributed by atoms with E-state index < -0.39 is 0 Å². The number of carbonyl (C=O) groups is 2. The number of aliphatic hydroxyl groups is 1. The maximum absolute atomic E-state index is 12.5. The molecule has 0 aromatic heterocycles. The van der Waals surface area contributed by atoms with Crippen LogP contribution in [0.4, 0.5) is 0 Å². The number of unbranched alkanes of at least 4 members (excludes halogenated alkanes) is 6. The number of carbonyl (C=O) groups excluding carboxylic acids is 2. The number of rotatable bonds is 12. The van der Waals surface area contributed by atoms with Crippen LogP contribution in [0.3, 0.4) is 0 Å². The Balaban J connectivity index is 1.26. The van der Waals surface area contributed by atoms with Gasteiger partial charge in [0, 0.05) is 32.9 Å². The minimum Gasteiger partial charge on any atom is -0.393 e. The summed E-state index contributed by atoms with van der Waals surface area (Å²) in [4.78, 5) is 26.6. The van der Waals surface area contributed by atoms with Crippen molar-refractivity contribution >= 4 is 11.7 Å². The number of ketones is 1. The van der Waals surface area contributed by atoms with Crippen molar-refractivity contribution in [3.05, 3.63) is 0 Å². The zero-order chi connectivity index (χ0) is 26.6. The van der Waals surface area contributed by atoms with E-state index in [-0.39, 0.29) is 11.5 Å². The number of hydrogen-bond donors (Lipinski definition) is 1. The zero-order valence-corrected chi connectivity index (χ0v) is 24.6. The Morgan fingerprint density at radius 3 is 2.41 bits per heavy atom. The molecule has 0 radical (unpaired) electrons. The number of nitrogens with zero attached hydrogens (tertiary/aromatic N) is 1. The van der Waals surface area contributed by atoms with Gasteiger partial charge in [-0.1, -0.05) is 65.7 Å². The quantitative estimate of drug-likeness (QED) is 0.273. The number of aliphatic hydroxyl groups excluding tert-OH is 1. The second-order valence-corrected chi connectivity index (χ2v) is 14.2. The molecule has 0 aromatic rings. The van der Waals surface area contributed by atoms with Crippen LogP contribution in [-0.4, -0.2) is 41.4 Å². The smallest absolute Gasteiger partial charge is 0.222 e. The van der Waals surface area contributed by atoms with Crippen molar-refractivity contribution in [2.24, 2.45) is 40.4 Å². The van der Waals surface area contributed by atoms with Crippen LogP contribution in [0.15, 0.2) is 0 Å². The van der Waals surface area contributed by atoms with E-state index >= 15 is 0 Å². The minimum atomic E-state index is -0.115. The van der Waals surface area contributed by atoms with E-state index in [2.05, 4.69) is 20.8 Å². The summed E-state index contributed by atoms with van der Waals surface area (Å²) in [6.45, 7) is 8.00. The van der Waals surface area contributed by atoms with Gasteiger partial charge in [0.2, 0.25) is 5.91 Å². The molecule has 1 N–H and O–H groups in total. The van der Waals surface area contributed by atoms with Crippen molar-refractivity contribution < 1.29 is 14.7 Å². The van der Waals surface area contributed by atoms with Crippen LogP contribution in [-0.2, 0) is 9.59 Å². The molecule has 37 heavy (non-hydrogen) atoms. The lowest BCUT2D eigenvalue weighted by atomic mass is 9.42. The van der Waals surface area contributed by atoms with E-state index in [0.717, 1.165) is 69.2 Å². The molecule has 4 rings (SSSR count). The van der Waals surface area contributed by atoms with Gasteiger partial charge in [0.25, 0.3) is 0 Å². The van der Waals surface area contributed by atoms with Crippen molar-refractivity contribution in [3.8, 4) is 0 Å². The summed E-state index contributed by atoms with van der Waals surface area (Å²) in [5, 5.41) is 10.9. The topological polar surface area (TPSA) is 57.6 Å². The van der Waals surface area contributed by atoms with Crippen LogP contribution in [0.2, 0.25) is 0 Å². The van der Waals surface area contributed by atoms with Crippen molar-refractivity contribution in [2.75, 3.05) is 13.6 Å². The van der Waals surface area contributed by atoms with Crippen LogP contribution < -0.4 is 0 Å². The van der Waals surface area contributed by atoms with Crippen molar-refractivity contribution in [2.45, 2.75) is 142 Å². The third kappa shape index (κ3) is 6.15. The molecule has 0 spiro atoms. The van der Waals surface area contributed by atoms with Crippen molar-refractivity contribution in [1.29, 1.82) is 0 Å². The van der Waals surface area contributed by atoms with Gasteiger partial charge < -0.3 is 10.0 Å². The van der Waals surface area contributed by atoms with Crippen LogP contribution >= 0.6 is 0 Å². The average Bonchev–Trinajstić information content (AvgIpc) is 3.18. The lowest BCUT2D eigenvalue weighted by Crippen LogP contribution is -2.57. The van der Waals surface area contributed by atoms with E-state index in [9.17, 15) is 14.7 Å². The Morgan fingerprint density at radius 1 is 0.946 bits per heavy atom. The lowest BCUT2D eigenvalue weighted by molar-refractivity contribution is -0.156. The van der Waals surface area contributed by atoms with Crippen molar-refractivity contribution in [3.63, 3.8) is 0 Å². The second kappa shape index (κ2) is 12.5. The van der Waals surface area contributed by atoms with Gasteiger partial charge in [-0.15, -0.1) is 0 Å². The summed E-state index contributed by atoms with van der Waals surface area (Å²) >= 11 is 0. The molecule has 0 heterocycles. The van der Waals surface area contributed by atoms with E-state index in [4.69, 9.17) is 0 Å². The molecule has 1 amide bonds. The third-order valence-electron chi connectivity index (χ3n) is 12.1. The van der Waals surface area contributed by atoms with E-state index in [1.807, 2.05) is 11.9 Å². The molecule has 0 unspecified atom stereocenters. The number of hydrogen-bond acceptors (Lipinski definition) is 3. The molecule has 4 aliphatic carbocycles. The van der Waals surface area contributed by atoms with Crippen LogP contribution in [0, 0.1) is 40.4 Å². The van der Waals surface area contributed by atoms with Crippen molar-refractivity contribution in [1.82, 2.24) is 4.90 Å². The molecular formula is C33H57NO3. The predicted molar refractivity (Wildman–Crippen MR) is 151 cm³/mol. The summed E-state index contributed by atoms with van der Waals surface area (Å²) in [5.41, 5.74) is 0.459. The summed E-state index contributed by atoms with van der Waals surface area (Å²) in [7, 11) is 1.95. The average molecular weight is 516 g/mol. The highest BCUT2D eigenvalue weighted by atomic mass is 16.3. The molecule has 0 aromatic carbocycles. The first-order chi connectivity index (χ1) is 17.7. The van der Waals surface area contributed by atoms with Crippen LogP contribution in [0.1, 0.15) is 136 Å². The first-order valence-corrected chi connectivity index (χ1v) is 16.1. The summed E-state index contributed by atoms with van der Waals surface area (Å²) in [6.07, 6.45) is 20.1. The standard InChI is InChI=1S/C33H57NO3/c1-5-6-21-34(4)30(37)14-12-10-8-7-9-11-13-24-22-25-23-26(35)17-19-32(25,2)28-18-20-33(3)27(31(24)28)15-16-29(33)36/h24-25,27-29,31,36H,5-23H2,1-4H3/t24-,25+,27+,28+,29+,31+,32+,33+/m1/s1. The van der Waals surface area contributed by atoms with Crippen LogP contribution in [0.5, 0.6) is 0 Å². The molecule has 4 fully saturated rings. The van der Waals surface area contributed by atoms with Gasteiger partial charge >= 0.3 is 0 Å². The highest BCUT2D eigenvalue weighted by Crippen LogP contribution is 2.67. The predicted octanol–water partition coefficient (Wildman–Crippen LogP) is 7.56. The first-order valence-electron chi connectivity index (χ1n) is 16.1. The van der Waals surface area contributed by atoms with Gasteiger partial charge in [0.05, 0.1) is 6.10 Å². The summed E-state index contributed by atoms with van der Waals surface area (Å²) in [5.74, 6) is 4.32. The van der Waals surface area contributed by atoms with Gasteiger partial charge in [-0.05, 0) is 91.8 Å². The molecule has 4 saturated carbocycles. The molecule has 8 atom stereocenters. The van der Waals surface area contributed by atoms with E-state index in [1.54, 1.807) is 0 Å². The Morgan fingerprint density at radius 2 is 1.65 bits per heavy atom. The second-order valence-electron chi connectivity index (χ2n) is 14.2. The van der Waals surface area contributed by atoms with E-state index in [0.29, 0.717) is 35.4 Å². The normalized spacial score (nSPS) is 39.1. The number of fused-ring (bicyclic) bond motifs is 5. The monoisotopic (exact) mass is 515 g/mol.